The van der Waals surface area contributed by atoms with Gasteiger partial charge in [0.25, 0.3) is 5.91 Å². The molecule has 56 heavy (non-hydrogen) atoms. The first-order valence-electron chi connectivity index (χ1n) is 19.4. The Bertz CT molecular complexity index is 2110. The SMILES string of the molecule is CCn1c(-c2ncccc2COC)c2c3cc(ccc31)-c1cc(O)cc(c1)C[C@H](NC(=O)C(C(C)C)N(C)C=O)C(=O)N1CCC[C@H](N1)C(=O)OCC(C)(C)C2. The monoisotopic (exact) mass is 766 g/mol. The van der Waals surface area contributed by atoms with Crippen molar-refractivity contribution in [2.75, 3.05) is 27.3 Å². The van der Waals surface area contributed by atoms with Gasteiger partial charge in [0.1, 0.15) is 23.9 Å². The number of fused-ring (bicyclic) bond motifs is 6. The topological polar surface area (TPSA) is 155 Å². The Balaban J connectivity index is 1.53. The Morgan fingerprint density at radius 3 is 2.68 bits per heavy atom. The Morgan fingerprint density at radius 2 is 1.96 bits per heavy atom. The molecule has 1 unspecified atom stereocenters. The number of aryl methyl sites for hydroxylation is 1. The fourth-order valence-corrected chi connectivity index (χ4v) is 8.18. The van der Waals surface area contributed by atoms with Gasteiger partial charge in [-0.3, -0.25) is 29.2 Å². The van der Waals surface area contributed by atoms with Crippen LogP contribution < -0.4 is 10.7 Å². The summed E-state index contributed by atoms with van der Waals surface area (Å²) in [6.45, 7) is 11.4. The van der Waals surface area contributed by atoms with E-state index in [-0.39, 0.29) is 24.7 Å². The molecule has 13 nitrogen and oxygen atoms in total. The zero-order chi connectivity index (χ0) is 40.3. The van der Waals surface area contributed by atoms with Crippen molar-refractivity contribution in [1.82, 2.24) is 30.2 Å². The van der Waals surface area contributed by atoms with Gasteiger partial charge in [-0.15, -0.1) is 0 Å². The lowest BCUT2D eigenvalue weighted by atomic mass is 9.84. The molecule has 2 aliphatic heterocycles. The molecular formula is C43H54N6O7. The molecule has 3 atom stereocenters. The number of cyclic esters (lactones) is 1. The number of carbonyl (C=O) groups is 4. The summed E-state index contributed by atoms with van der Waals surface area (Å²) >= 11 is 0. The van der Waals surface area contributed by atoms with E-state index in [1.54, 1.807) is 25.4 Å². The van der Waals surface area contributed by atoms with Crippen LogP contribution in [0.2, 0.25) is 0 Å². The van der Waals surface area contributed by atoms with Gasteiger partial charge >= 0.3 is 5.97 Å². The predicted octanol–water partition coefficient (Wildman–Crippen LogP) is 5.00. The normalized spacial score (nSPS) is 19.3. The molecule has 2 aromatic carbocycles. The van der Waals surface area contributed by atoms with Crippen molar-refractivity contribution in [1.29, 1.82) is 0 Å². The van der Waals surface area contributed by atoms with Crippen LogP contribution in [0.4, 0.5) is 0 Å². The molecule has 0 saturated carbocycles. The number of hydrogen-bond donors (Lipinski definition) is 3. The van der Waals surface area contributed by atoms with E-state index in [2.05, 4.69) is 48.2 Å². The lowest BCUT2D eigenvalue weighted by Gasteiger charge is -2.36. The highest BCUT2D eigenvalue weighted by Crippen LogP contribution is 2.41. The van der Waals surface area contributed by atoms with Gasteiger partial charge in [-0.05, 0) is 84.7 Å². The molecule has 3 N–H and O–H groups in total. The van der Waals surface area contributed by atoms with Crippen LogP contribution in [0.15, 0.2) is 54.7 Å². The maximum Gasteiger partial charge on any atom is 0.324 e. The molecule has 1 fully saturated rings. The number of carbonyl (C=O) groups excluding carboxylic acids is 4. The molecule has 0 radical (unpaired) electrons. The molecule has 6 rings (SSSR count). The Morgan fingerprint density at radius 1 is 1.18 bits per heavy atom. The standard InChI is InChI=1S/C43H54N6O7/c1-8-48-36-14-13-28-21-32(36)33(39(48)37-29(23-55-7)11-9-15-44-37)22-43(4,5)24-56-42(54)34-12-10-16-49(46-34)41(53)35(19-27-17-30(28)20-31(51)18-27)45-40(52)38(26(2)3)47(6)25-50/h9,11,13-15,17-18,20-21,25-26,34-35,38,46,51H,8,10,12,16,19,22-24H2,1-7H3,(H,45,52)/t34-,35-,38?/m0/s1. The lowest BCUT2D eigenvalue weighted by molar-refractivity contribution is -0.155. The van der Waals surface area contributed by atoms with Crippen LogP contribution in [0, 0.1) is 11.3 Å². The number of benzene rings is 2. The smallest absolute Gasteiger partial charge is 0.324 e. The average Bonchev–Trinajstić information content (AvgIpc) is 3.47. The molecule has 4 heterocycles. The number of hydrazine groups is 1. The Kier molecular flexibility index (Phi) is 12.2. The first-order valence-corrected chi connectivity index (χ1v) is 19.4. The number of phenolic OH excluding ortho intramolecular Hbond substituents is 1. The first-order chi connectivity index (χ1) is 26.7. The molecule has 3 amide bonds. The van der Waals surface area contributed by atoms with Crippen LogP contribution in [-0.4, -0.2) is 94.2 Å². The summed E-state index contributed by atoms with van der Waals surface area (Å²) in [6.07, 6.45) is 3.98. The minimum atomic E-state index is -1.09. The number of ether oxygens (including phenoxy) is 2. The number of aromatic nitrogens is 2. The molecule has 2 aromatic heterocycles. The third-order valence-electron chi connectivity index (χ3n) is 10.8. The molecular weight excluding hydrogens is 713 g/mol. The van der Waals surface area contributed by atoms with Gasteiger partial charge in [0.2, 0.25) is 12.3 Å². The first kappa shape index (κ1) is 40.4. The van der Waals surface area contributed by atoms with Crippen molar-refractivity contribution in [2.45, 2.75) is 91.6 Å². The van der Waals surface area contributed by atoms with E-state index in [0.717, 1.165) is 44.5 Å². The quantitative estimate of drug-likeness (QED) is 0.158. The van der Waals surface area contributed by atoms with E-state index in [9.17, 15) is 24.3 Å². The van der Waals surface area contributed by atoms with Crippen LogP contribution >= 0.6 is 0 Å². The second-order valence-corrected chi connectivity index (χ2v) is 16.1. The minimum Gasteiger partial charge on any atom is -0.508 e. The summed E-state index contributed by atoms with van der Waals surface area (Å²) < 4.78 is 13.9. The fraction of sp³-hybridized carbons (Fsp3) is 0.465. The number of rotatable bonds is 9. The van der Waals surface area contributed by atoms with Crippen LogP contribution in [0.5, 0.6) is 5.75 Å². The molecule has 298 valence electrons. The zero-order valence-electron chi connectivity index (χ0n) is 33.4. The molecule has 0 spiro atoms. The van der Waals surface area contributed by atoms with Crippen molar-refractivity contribution in [2.24, 2.45) is 11.3 Å². The summed E-state index contributed by atoms with van der Waals surface area (Å²) in [5, 5.41) is 16.4. The minimum absolute atomic E-state index is 0.00930. The van der Waals surface area contributed by atoms with E-state index >= 15 is 0 Å². The van der Waals surface area contributed by atoms with Crippen molar-refractivity contribution in [3.05, 3.63) is 71.4 Å². The summed E-state index contributed by atoms with van der Waals surface area (Å²) in [5.74, 6) is -1.62. The molecule has 2 aliphatic rings. The van der Waals surface area contributed by atoms with Gasteiger partial charge in [0.05, 0.1) is 24.6 Å². The van der Waals surface area contributed by atoms with Crippen molar-refractivity contribution < 1.29 is 33.8 Å². The summed E-state index contributed by atoms with van der Waals surface area (Å²) in [7, 11) is 3.20. The van der Waals surface area contributed by atoms with Gasteiger partial charge in [-0.1, -0.05) is 45.9 Å². The van der Waals surface area contributed by atoms with Gasteiger partial charge < -0.3 is 29.4 Å². The van der Waals surface area contributed by atoms with E-state index in [0.29, 0.717) is 50.9 Å². The van der Waals surface area contributed by atoms with Crippen LogP contribution in [0.25, 0.3) is 33.4 Å². The second-order valence-electron chi connectivity index (χ2n) is 16.1. The molecule has 6 bridgehead atoms. The second kappa shape index (κ2) is 16.8. The van der Waals surface area contributed by atoms with Gasteiger partial charge in [0, 0.05) is 61.7 Å². The van der Waals surface area contributed by atoms with Gasteiger partial charge in [-0.2, -0.15) is 0 Å². The lowest BCUT2D eigenvalue weighted by Crippen LogP contribution is -2.61. The van der Waals surface area contributed by atoms with Gasteiger partial charge in [-0.25, -0.2) is 5.43 Å². The van der Waals surface area contributed by atoms with E-state index < -0.39 is 41.3 Å². The largest absolute Gasteiger partial charge is 0.508 e. The Labute approximate surface area is 328 Å². The molecule has 0 aliphatic carbocycles. The van der Waals surface area contributed by atoms with E-state index in [4.69, 9.17) is 14.5 Å². The summed E-state index contributed by atoms with van der Waals surface area (Å²) in [6, 6.07) is 12.7. The number of pyridine rings is 1. The predicted molar refractivity (Wildman–Crippen MR) is 213 cm³/mol. The number of amides is 3. The highest BCUT2D eigenvalue weighted by molar-refractivity contribution is 5.95. The van der Waals surface area contributed by atoms with E-state index in [1.165, 1.54) is 17.0 Å². The number of hydrogen-bond acceptors (Lipinski definition) is 9. The molecule has 13 heteroatoms. The van der Waals surface area contributed by atoms with Crippen LogP contribution in [0.3, 0.4) is 0 Å². The summed E-state index contributed by atoms with van der Waals surface area (Å²) in [4.78, 5) is 59.7. The number of likely N-dealkylation sites (N-methyl/N-ethyl adjacent to an activating group) is 1. The maximum absolute atomic E-state index is 14.3. The third-order valence-corrected chi connectivity index (χ3v) is 10.8. The summed E-state index contributed by atoms with van der Waals surface area (Å²) in [5.41, 5.74) is 9.58. The maximum atomic E-state index is 14.3. The third kappa shape index (κ3) is 8.43. The van der Waals surface area contributed by atoms with Crippen LogP contribution in [-0.2, 0) is 54.6 Å². The number of phenols is 1. The van der Waals surface area contributed by atoms with E-state index in [1.807, 2.05) is 38.1 Å². The van der Waals surface area contributed by atoms with Crippen molar-refractivity contribution in [3.63, 3.8) is 0 Å². The fourth-order valence-electron chi connectivity index (χ4n) is 8.18. The zero-order valence-corrected chi connectivity index (χ0v) is 33.4. The highest BCUT2D eigenvalue weighted by atomic mass is 16.5. The van der Waals surface area contributed by atoms with Gasteiger partial charge in [0.15, 0.2) is 0 Å². The number of esters is 1. The average molecular weight is 767 g/mol. The Hall–Kier alpha value is -5.27. The van der Waals surface area contributed by atoms with Crippen molar-refractivity contribution >= 4 is 35.1 Å². The number of aromatic hydroxyl groups is 1. The van der Waals surface area contributed by atoms with Crippen molar-refractivity contribution in [3.8, 4) is 28.3 Å². The number of nitrogens with one attached hydrogen (secondary N) is 2. The molecule has 1 saturated heterocycles. The van der Waals surface area contributed by atoms with Crippen LogP contribution in [0.1, 0.15) is 64.2 Å². The highest BCUT2D eigenvalue weighted by Gasteiger charge is 2.37. The number of nitrogens with zero attached hydrogens (tertiary/aromatic N) is 4. The number of methoxy groups -OCH3 is 1. The molecule has 4 aromatic rings.